The summed E-state index contributed by atoms with van der Waals surface area (Å²) in [4.78, 5) is 19.6. The summed E-state index contributed by atoms with van der Waals surface area (Å²) in [5, 5.41) is 11.5. The average Bonchev–Trinajstić information content (AvgIpc) is 2.95. The molecule has 2 aliphatic rings. The Labute approximate surface area is 133 Å². The highest BCUT2D eigenvalue weighted by Gasteiger charge is 2.30. The van der Waals surface area contributed by atoms with Gasteiger partial charge in [-0.3, -0.25) is 4.79 Å². The van der Waals surface area contributed by atoms with Gasteiger partial charge in [-0.05, 0) is 18.8 Å². The number of nitrogens with zero attached hydrogens (tertiary/aromatic N) is 1. The molecule has 1 aromatic heterocycles. The van der Waals surface area contributed by atoms with E-state index in [2.05, 4.69) is 23.8 Å². The lowest BCUT2D eigenvalue weighted by atomic mass is 10.00. The number of aromatic hydroxyl groups is 1. The van der Waals surface area contributed by atoms with Crippen LogP contribution in [-0.4, -0.2) is 31.3 Å². The minimum atomic E-state index is -0.138. The number of thioether (sulfide) groups is 2. The predicted octanol–water partition coefficient (Wildman–Crippen LogP) is 3.43. The van der Waals surface area contributed by atoms with E-state index in [1.807, 2.05) is 23.5 Å². The van der Waals surface area contributed by atoms with Crippen molar-refractivity contribution in [2.24, 2.45) is 0 Å². The monoisotopic (exact) mass is 326 g/mol. The van der Waals surface area contributed by atoms with E-state index >= 15 is 0 Å². The normalized spacial score (nSPS) is 30.7. The van der Waals surface area contributed by atoms with Crippen LogP contribution in [0.2, 0.25) is 0 Å². The van der Waals surface area contributed by atoms with Crippen molar-refractivity contribution >= 4 is 23.5 Å². The number of hydrogen-bond donors (Lipinski definition) is 2. The van der Waals surface area contributed by atoms with Gasteiger partial charge in [0.2, 0.25) is 5.88 Å². The van der Waals surface area contributed by atoms with Gasteiger partial charge in [-0.25, -0.2) is 0 Å². The first-order valence-corrected chi connectivity index (χ1v) is 9.65. The van der Waals surface area contributed by atoms with E-state index in [0.717, 1.165) is 31.4 Å². The van der Waals surface area contributed by atoms with Crippen LogP contribution in [0, 0.1) is 0 Å². The molecule has 1 saturated heterocycles. The molecule has 4 nitrogen and oxygen atoms in total. The highest BCUT2D eigenvalue weighted by Crippen LogP contribution is 2.43. The second-order valence-electron chi connectivity index (χ2n) is 6.04. The van der Waals surface area contributed by atoms with Gasteiger partial charge >= 0.3 is 0 Å². The molecular formula is C15H22N2O2S2. The molecule has 116 valence electrons. The van der Waals surface area contributed by atoms with Crippen LogP contribution >= 0.6 is 23.5 Å². The molecule has 21 heavy (non-hydrogen) atoms. The third-order valence-corrected chi connectivity index (χ3v) is 7.97. The Bertz CT molecular complexity index is 569. The summed E-state index contributed by atoms with van der Waals surface area (Å²) < 4.78 is 0. The van der Waals surface area contributed by atoms with Gasteiger partial charge in [0.05, 0.1) is 10.8 Å². The zero-order valence-electron chi connectivity index (χ0n) is 12.5. The van der Waals surface area contributed by atoms with Crippen LogP contribution in [0.3, 0.4) is 0 Å². The van der Waals surface area contributed by atoms with Crippen LogP contribution in [0.5, 0.6) is 5.88 Å². The number of H-pyrrole nitrogens is 1. The van der Waals surface area contributed by atoms with E-state index in [1.54, 1.807) is 0 Å². The van der Waals surface area contributed by atoms with Gasteiger partial charge in [0.1, 0.15) is 5.82 Å². The Kier molecular flexibility index (Phi) is 4.54. The fourth-order valence-corrected chi connectivity index (χ4v) is 6.01. The first-order valence-electron chi connectivity index (χ1n) is 7.66. The summed E-state index contributed by atoms with van der Waals surface area (Å²) in [5.41, 5.74) is 0.368. The lowest BCUT2D eigenvalue weighted by Crippen LogP contribution is -2.26. The molecule has 1 saturated carbocycles. The molecule has 1 aromatic rings. The van der Waals surface area contributed by atoms with E-state index < -0.39 is 0 Å². The third-order valence-electron chi connectivity index (χ3n) is 4.57. The summed E-state index contributed by atoms with van der Waals surface area (Å²) in [6, 6.07) is 0. The SMILES string of the molecule is CC1SCC(c2nc(O)c(C3CCCC3)c(=O)[nH]2)SC1C. The van der Waals surface area contributed by atoms with Crippen molar-refractivity contribution in [1.29, 1.82) is 0 Å². The van der Waals surface area contributed by atoms with Crippen molar-refractivity contribution < 1.29 is 5.11 Å². The minimum Gasteiger partial charge on any atom is -0.493 e. The van der Waals surface area contributed by atoms with E-state index in [9.17, 15) is 9.90 Å². The van der Waals surface area contributed by atoms with Crippen molar-refractivity contribution in [3.63, 3.8) is 0 Å². The van der Waals surface area contributed by atoms with Crippen LogP contribution in [0.1, 0.15) is 62.1 Å². The number of aromatic nitrogens is 2. The van der Waals surface area contributed by atoms with Gasteiger partial charge in [-0.15, -0.1) is 11.8 Å². The van der Waals surface area contributed by atoms with Crippen molar-refractivity contribution in [2.75, 3.05) is 5.75 Å². The highest BCUT2D eigenvalue weighted by molar-refractivity contribution is 8.07. The van der Waals surface area contributed by atoms with Gasteiger partial charge in [-0.1, -0.05) is 26.7 Å². The largest absolute Gasteiger partial charge is 0.493 e. The van der Waals surface area contributed by atoms with E-state index in [0.29, 0.717) is 21.9 Å². The third kappa shape index (κ3) is 3.11. The molecule has 3 rings (SSSR count). The molecule has 0 amide bonds. The smallest absolute Gasteiger partial charge is 0.258 e. The van der Waals surface area contributed by atoms with Crippen molar-refractivity contribution in [1.82, 2.24) is 9.97 Å². The second kappa shape index (κ2) is 6.24. The Hall–Kier alpha value is -0.620. The maximum atomic E-state index is 12.4. The van der Waals surface area contributed by atoms with Gasteiger partial charge in [0, 0.05) is 16.3 Å². The number of nitrogens with one attached hydrogen (secondary N) is 1. The summed E-state index contributed by atoms with van der Waals surface area (Å²) in [6.45, 7) is 4.44. The molecule has 0 spiro atoms. The molecule has 1 aliphatic carbocycles. The van der Waals surface area contributed by atoms with E-state index in [1.165, 1.54) is 0 Å². The zero-order valence-corrected chi connectivity index (χ0v) is 14.1. The number of hydrogen-bond acceptors (Lipinski definition) is 5. The Morgan fingerprint density at radius 2 is 1.95 bits per heavy atom. The summed E-state index contributed by atoms with van der Waals surface area (Å²) in [5.74, 6) is 1.71. The van der Waals surface area contributed by atoms with E-state index in [-0.39, 0.29) is 22.6 Å². The van der Waals surface area contributed by atoms with E-state index in [4.69, 9.17) is 0 Å². The van der Waals surface area contributed by atoms with Crippen LogP contribution in [0.4, 0.5) is 0 Å². The molecule has 2 N–H and O–H groups in total. The average molecular weight is 326 g/mol. The minimum absolute atomic E-state index is 0.0440. The topological polar surface area (TPSA) is 66.0 Å². The maximum Gasteiger partial charge on any atom is 0.258 e. The molecule has 3 unspecified atom stereocenters. The highest BCUT2D eigenvalue weighted by atomic mass is 32.2. The molecule has 2 fully saturated rings. The first kappa shape index (κ1) is 15.3. The second-order valence-corrected chi connectivity index (χ2v) is 9.03. The molecule has 0 bridgehead atoms. The summed E-state index contributed by atoms with van der Waals surface area (Å²) >= 11 is 3.74. The molecule has 6 heteroatoms. The standard InChI is InChI=1S/C15H22N2O2S2/c1-8-9(2)21-11(7-20-8)13-16-14(18)12(15(19)17-13)10-5-3-4-6-10/h8-11H,3-7H2,1-2H3,(H2,16,17,18,19). The number of aromatic amines is 1. The van der Waals surface area contributed by atoms with Crippen LogP contribution in [-0.2, 0) is 0 Å². The van der Waals surface area contributed by atoms with Crippen molar-refractivity contribution in [3.05, 3.63) is 21.7 Å². The van der Waals surface area contributed by atoms with Crippen LogP contribution in [0.15, 0.2) is 4.79 Å². The molecule has 3 atom stereocenters. The number of rotatable bonds is 2. The first-order chi connectivity index (χ1) is 10.1. The van der Waals surface area contributed by atoms with Gasteiger partial charge in [0.25, 0.3) is 5.56 Å². The zero-order chi connectivity index (χ0) is 15.0. The molecule has 0 radical (unpaired) electrons. The summed E-state index contributed by atoms with van der Waals surface area (Å²) in [6.07, 6.45) is 4.24. The van der Waals surface area contributed by atoms with Gasteiger partial charge in [-0.2, -0.15) is 16.7 Å². The molecular weight excluding hydrogens is 304 g/mol. The molecule has 1 aliphatic heterocycles. The lowest BCUT2D eigenvalue weighted by Gasteiger charge is -2.30. The van der Waals surface area contributed by atoms with Gasteiger partial charge < -0.3 is 10.1 Å². The lowest BCUT2D eigenvalue weighted by molar-refractivity contribution is 0.432. The van der Waals surface area contributed by atoms with Gasteiger partial charge in [0.15, 0.2) is 0 Å². The predicted molar refractivity (Wildman–Crippen MR) is 89.4 cm³/mol. The molecule has 2 heterocycles. The van der Waals surface area contributed by atoms with Crippen molar-refractivity contribution in [2.45, 2.75) is 61.2 Å². The Morgan fingerprint density at radius 3 is 2.57 bits per heavy atom. The Morgan fingerprint density at radius 1 is 1.24 bits per heavy atom. The van der Waals surface area contributed by atoms with Crippen molar-refractivity contribution in [3.8, 4) is 5.88 Å². The van der Waals surface area contributed by atoms with Crippen LogP contribution < -0.4 is 5.56 Å². The Balaban J connectivity index is 1.86. The fourth-order valence-electron chi connectivity index (χ4n) is 3.15. The maximum absolute atomic E-state index is 12.4. The summed E-state index contributed by atoms with van der Waals surface area (Å²) in [7, 11) is 0. The molecule has 0 aromatic carbocycles. The fraction of sp³-hybridized carbons (Fsp3) is 0.733. The van der Waals surface area contributed by atoms with Crippen LogP contribution in [0.25, 0.3) is 0 Å². The quantitative estimate of drug-likeness (QED) is 0.871.